The molecule has 7 heteroatoms. The van der Waals surface area contributed by atoms with Crippen molar-refractivity contribution < 1.29 is 19.5 Å². The Hall–Kier alpha value is -3.35. The minimum atomic E-state index is -0.581. The highest BCUT2D eigenvalue weighted by Gasteiger charge is 2.16. The molecule has 0 saturated carbocycles. The number of anilines is 1. The highest BCUT2D eigenvalue weighted by atomic mass is 16.6. The topological polar surface area (TPSA) is 100 Å². The first-order valence-electron chi connectivity index (χ1n) is 9.89. The van der Waals surface area contributed by atoms with Crippen LogP contribution in [0, 0.1) is 0 Å². The molecule has 30 heavy (non-hydrogen) atoms. The number of nitrogens with zero attached hydrogens (tertiary/aromatic N) is 1. The SMILES string of the molecule is CC(C)(C)OC(=O)Nc1cccc(CC(=O)NCCC/C(=N/O)c2ccccc2)c1. The van der Waals surface area contributed by atoms with Crippen LogP contribution in [-0.2, 0) is 16.0 Å². The van der Waals surface area contributed by atoms with Gasteiger partial charge in [0.2, 0.25) is 5.91 Å². The van der Waals surface area contributed by atoms with E-state index in [9.17, 15) is 14.8 Å². The molecule has 0 spiro atoms. The Labute approximate surface area is 177 Å². The largest absolute Gasteiger partial charge is 0.444 e. The van der Waals surface area contributed by atoms with Crippen molar-refractivity contribution >= 4 is 23.4 Å². The van der Waals surface area contributed by atoms with Gasteiger partial charge in [0, 0.05) is 12.2 Å². The molecule has 0 bridgehead atoms. The second kappa shape index (κ2) is 11.0. The van der Waals surface area contributed by atoms with Gasteiger partial charge in [0.15, 0.2) is 0 Å². The predicted octanol–water partition coefficient (Wildman–Crippen LogP) is 4.35. The highest BCUT2D eigenvalue weighted by Crippen LogP contribution is 2.14. The van der Waals surface area contributed by atoms with Gasteiger partial charge in [0.25, 0.3) is 0 Å². The Kier molecular flexibility index (Phi) is 8.41. The van der Waals surface area contributed by atoms with Crippen LogP contribution in [0.1, 0.15) is 44.7 Å². The molecule has 160 valence electrons. The van der Waals surface area contributed by atoms with Crippen LogP contribution < -0.4 is 10.6 Å². The molecule has 0 fully saturated rings. The van der Waals surface area contributed by atoms with E-state index in [0.717, 1.165) is 11.1 Å². The number of benzene rings is 2. The van der Waals surface area contributed by atoms with Crippen LogP contribution in [0.4, 0.5) is 10.5 Å². The summed E-state index contributed by atoms with van der Waals surface area (Å²) in [6, 6.07) is 16.5. The maximum atomic E-state index is 12.2. The zero-order chi connectivity index (χ0) is 22.0. The van der Waals surface area contributed by atoms with Crippen LogP contribution in [-0.4, -0.2) is 35.1 Å². The van der Waals surface area contributed by atoms with Gasteiger partial charge >= 0.3 is 6.09 Å². The molecule has 2 aromatic carbocycles. The number of hydrogen-bond donors (Lipinski definition) is 3. The molecular formula is C23H29N3O4. The zero-order valence-electron chi connectivity index (χ0n) is 17.6. The average molecular weight is 412 g/mol. The monoisotopic (exact) mass is 411 g/mol. The van der Waals surface area contributed by atoms with Gasteiger partial charge in [-0.15, -0.1) is 0 Å². The van der Waals surface area contributed by atoms with Crippen molar-refractivity contribution in [3.63, 3.8) is 0 Å². The molecule has 0 aliphatic carbocycles. The Morgan fingerprint density at radius 2 is 1.80 bits per heavy atom. The van der Waals surface area contributed by atoms with E-state index in [1.54, 1.807) is 39.0 Å². The van der Waals surface area contributed by atoms with Crippen LogP contribution in [0.25, 0.3) is 0 Å². The van der Waals surface area contributed by atoms with Crippen molar-refractivity contribution in [2.75, 3.05) is 11.9 Å². The average Bonchev–Trinajstić information content (AvgIpc) is 2.67. The second-order valence-corrected chi connectivity index (χ2v) is 7.87. The highest BCUT2D eigenvalue weighted by molar-refractivity contribution is 6.00. The van der Waals surface area contributed by atoms with E-state index >= 15 is 0 Å². The van der Waals surface area contributed by atoms with Crippen LogP contribution in [0.3, 0.4) is 0 Å². The van der Waals surface area contributed by atoms with E-state index in [1.807, 2.05) is 36.4 Å². The smallest absolute Gasteiger partial charge is 0.412 e. The fourth-order valence-corrected chi connectivity index (χ4v) is 2.79. The van der Waals surface area contributed by atoms with Crippen LogP contribution in [0.2, 0.25) is 0 Å². The summed E-state index contributed by atoms with van der Waals surface area (Å²) < 4.78 is 5.23. The summed E-state index contributed by atoms with van der Waals surface area (Å²) in [6.45, 7) is 5.86. The quantitative estimate of drug-likeness (QED) is 0.260. The van der Waals surface area contributed by atoms with E-state index in [0.29, 0.717) is 30.8 Å². The van der Waals surface area contributed by atoms with Gasteiger partial charge in [-0.2, -0.15) is 0 Å². The first-order valence-corrected chi connectivity index (χ1v) is 9.89. The van der Waals surface area contributed by atoms with Crippen molar-refractivity contribution in [1.29, 1.82) is 0 Å². The van der Waals surface area contributed by atoms with Gasteiger partial charge in [0.1, 0.15) is 5.60 Å². The third-order valence-corrected chi connectivity index (χ3v) is 4.08. The van der Waals surface area contributed by atoms with Crippen molar-refractivity contribution in [2.24, 2.45) is 5.16 Å². The predicted molar refractivity (Wildman–Crippen MR) is 117 cm³/mol. The zero-order valence-corrected chi connectivity index (χ0v) is 17.6. The molecule has 3 N–H and O–H groups in total. The summed E-state index contributed by atoms with van der Waals surface area (Å²) in [5, 5.41) is 18.1. The van der Waals surface area contributed by atoms with Crippen molar-refractivity contribution in [2.45, 2.75) is 45.6 Å². The Morgan fingerprint density at radius 1 is 1.07 bits per heavy atom. The summed E-state index contributed by atoms with van der Waals surface area (Å²) in [5.41, 5.74) is 2.22. The number of ether oxygens (including phenoxy) is 1. The number of carbonyl (C=O) groups excluding carboxylic acids is 2. The summed E-state index contributed by atoms with van der Waals surface area (Å²) in [6.07, 6.45) is 0.865. The van der Waals surface area contributed by atoms with Gasteiger partial charge < -0.3 is 15.3 Å². The summed E-state index contributed by atoms with van der Waals surface area (Å²) in [4.78, 5) is 24.1. The van der Waals surface area contributed by atoms with E-state index in [-0.39, 0.29) is 12.3 Å². The first-order chi connectivity index (χ1) is 14.3. The van der Waals surface area contributed by atoms with Crippen LogP contribution in [0.15, 0.2) is 59.8 Å². The number of hydrogen-bond acceptors (Lipinski definition) is 5. The lowest BCUT2D eigenvalue weighted by molar-refractivity contribution is -0.120. The lowest BCUT2D eigenvalue weighted by atomic mass is 10.1. The van der Waals surface area contributed by atoms with Crippen molar-refractivity contribution in [3.8, 4) is 0 Å². The Morgan fingerprint density at radius 3 is 2.47 bits per heavy atom. The second-order valence-electron chi connectivity index (χ2n) is 7.87. The molecule has 0 heterocycles. The lowest BCUT2D eigenvalue weighted by Gasteiger charge is -2.19. The van der Waals surface area contributed by atoms with Gasteiger partial charge in [-0.25, -0.2) is 4.79 Å². The standard InChI is InChI=1S/C23H29N3O4/c1-23(2,3)30-22(28)25-19-12-7-9-17(15-19)16-21(27)24-14-8-13-20(26-29)18-10-5-4-6-11-18/h4-7,9-12,15,29H,8,13-14,16H2,1-3H3,(H,24,27)(H,25,28)/b26-20-. The fourth-order valence-electron chi connectivity index (χ4n) is 2.79. The van der Waals surface area contributed by atoms with Crippen LogP contribution in [0.5, 0.6) is 0 Å². The fraction of sp³-hybridized carbons (Fsp3) is 0.348. The molecule has 0 saturated heterocycles. The number of rotatable bonds is 8. The maximum Gasteiger partial charge on any atom is 0.412 e. The summed E-state index contributed by atoms with van der Waals surface area (Å²) >= 11 is 0. The number of amides is 2. The van der Waals surface area contributed by atoms with E-state index in [4.69, 9.17) is 4.74 Å². The van der Waals surface area contributed by atoms with Crippen molar-refractivity contribution in [1.82, 2.24) is 5.32 Å². The number of nitrogens with one attached hydrogen (secondary N) is 2. The summed E-state index contributed by atoms with van der Waals surface area (Å²) in [5.74, 6) is -0.119. The maximum absolute atomic E-state index is 12.2. The molecule has 0 radical (unpaired) electrons. The lowest BCUT2D eigenvalue weighted by Crippen LogP contribution is -2.27. The van der Waals surface area contributed by atoms with E-state index < -0.39 is 11.7 Å². The molecule has 2 amide bonds. The summed E-state index contributed by atoms with van der Waals surface area (Å²) in [7, 11) is 0. The molecule has 7 nitrogen and oxygen atoms in total. The van der Waals surface area contributed by atoms with Gasteiger partial charge in [0.05, 0.1) is 12.1 Å². The minimum Gasteiger partial charge on any atom is -0.444 e. The Balaban J connectivity index is 1.77. The normalized spacial score (nSPS) is 11.6. The molecule has 0 aromatic heterocycles. The Bertz CT molecular complexity index is 874. The van der Waals surface area contributed by atoms with Crippen molar-refractivity contribution in [3.05, 3.63) is 65.7 Å². The van der Waals surface area contributed by atoms with Crippen LogP contribution >= 0.6 is 0 Å². The molecule has 0 atom stereocenters. The van der Waals surface area contributed by atoms with Gasteiger partial charge in [-0.3, -0.25) is 10.1 Å². The molecule has 0 aliphatic heterocycles. The molecule has 2 rings (SSSR count). The van der Waals surface area contributed by atoms with E-state index in [1.165, 1.54) is 0 Å². The molecule has 2 aromatic rings. The molecular weight excluding hydrogens is 382 g/mol. The minimum absolute atomic E-state index is 0.119. The third kappa shape index (κ3) is 8.34. The van der Waals surface area contributed by atoms with E-state index in [2.05, 4.69) is 15.8 Å². The first kappa shape index (κ1) is 22.9. The number of oxime groups is 1. The molecule has 0 aliphatic rings. The van der Waals surface area contributed by atoms with Gasteiger partial charge in [-0.05, 0) is 56.9 Å². The molecule has 0 unspecified atom stereocenters. The number of carbonyl (C=O) groups is 2. The third-order valence-electron chi connectivity index (χ3n) is 4.08. The van der Waals surface area contributed by atoms with Gasteiger partial charge in [-0.1, -0.05) is 47.6 Å².